The van der Waals surface area contributed by atoms with E-state index in [-0.39, 0.29) is 21.9 Å². The largest absolute Gasteiger partial charge is 0.338 e. The van der Waals surface area contributed by atoms with E-state index in [0.29, 0.717) is 39.0 Å². The summed E-state index contributed by atoms with van der Waals surface area (Å²) in [6.45, 7) is 3.75. The zero-order valence-electron chi connectivity index (χ0n) is 15.8. The lowest BCUT2D eigenvalue weighted by Crippen LogP contribution is -2.44. The minimum absolute atomic E-state index is 0.0145. The summed E-state index contributed by atoms with van der Waals surface area (Å²) in [6, 6.07) is 12.9. The van der Waals surface area contributed by atoms with Crippen LogP contribution in [-0.2, 0) is 21.4 Å². The predicted octanol–water partition coefficient (Wildman–Crippen LogP) is 3.18. The third-order valence-electron chi connectivity index (χ3n) is 5.06. The topological polar surface area (TPSA) is 70.6 Å². The van der Waals surface area contributed by atoms with Crippen LogP contribution in [0.15, 0.2) is 53.6 Å². The van der Waals surface area contributed by atoms with Crippen molar-refractivity contribution in [2.75, 3.05) is 19.6 Å². The molecular formula is C20H24ClN3O3S. The number of aromatic nitrogens is 1. The molecule has 1 fully saturated rings. The molecule has 6 nitrogen and oxygen atoms in total. The Balaban J connectivity index is 1.64. The molecule has 2 heterocycles. The van der Waals surface area contributed by atoms with Crippen LogP contribution >= 0.6 is 11.6 Å². The molecule has 0 N–H and O–H groups in total. The molecule has 150 valence electrons. The number of carbonyl (C=O) groups is 1. The minimum atomic E-state index is -3.70. The molecule has 0 spiro atoms. The fourth-order valence-electron chi connectivity index (χ4n) is 3.45. The van der Waals surface area contributed by atoms with Crippen LogP contribution in [0.5, 0.6) is 0 Å². The van der Waals surface area contributed by atoms with Crippen molar-refractivity contribution < 1.29 is 13.2 Å². The van der Waals surface area contributed by atoms with Crippen molar-refractivity contribution in [3.05, 3.63) is 59.4 Å². The van der Waals surface area contributed by atoms with Gasteiger partial charge in [-0.05, 0) is 37.5 Å². The third kappa shape index (κ3) is 4.54. The number of pyridine rings is 1. The number of hydrogen-bond acceptors (Lipinski definition) is 4. The minimum Gasteiger partial charge on any atom is -0.338 e. The monoisotopic (exact) mass is 421 g/mol. The first-order chi connectivity index (χ1) is 13.4. The van der Waals surface area contributed by atoms with Crippen molar-refractivity contribution in [3.63, 3.8) is 0 Å². The summed E-state index contributed by atoms with van der Waals surface area (Å²) in [5.41, 5.74) is 1.09. The standard InChI is InChI=1S/C20H24ClN3O3S/c1-2-23(15-16-7-4-3-5-8-16)20(25)17-10-13-24(14-11-17)28(26,27)18-9-6-12-22-19(18)21/h3-9,12,17H,2,10-11,13-15H2,1H3. The van der Waals surface area contributed by atoms with Gasteiger partial charge in [-0.3, -0.25) is 4.79 Å². The van der Waals surface area contributed by atoms with Crippen molar-refractivity contribution >= 4 is 27.5 Å². The van der Waals surface area contributed by atoms with E-state index >= 15 is 0 Å². The first-order valence-electron chi connectivity index (χ1n) is 9.37. The Hall–Kier alpha value is -1.96. The molecule has 1 saturated heterocycles. The van der Waals surface area contributed by atoms with Gasteiger partial charge in [0.1, 0.15) is 10.0 Å². The molecule has 28 heavy (non-hydrogen) atoms. The van der Waals surface area contributed by atoms with Gasteiger partial charge in [0.05, 0.1) is 0 Å². The van der Waals surface area contributed by atoms with Crippen molar-refractivity contribution in [2.24, 2.45) is 5.92 Å². The number of benzene rings is 1. The molecule has 0 atom stereocenters. The molecule has 3 rings (SSSR count). The summed E-state index contributed by atoms with van der Waals surface area (Å²) in [4.78, 5) is 18.6. The van der Waals surface area contributed by atoms with Gasteiger partial charge in [-0.2, -0.15) is 4.31 Å². The van der Waals surface area contributed by atoms with Gasteiger partial charge in [0.15, 0.2) is 0 Å². The fourth-order valence-corrected chi connectivity index (χ4v) is 5.35. The lowest BCUT2D eigenvalue weighted by molar-refractivity contribution is -0.137. The summed E-state index contributed by atoms with van der Waals surface area (Å²) in [5.74, 6) is -0.0812. The van der Waals surface area contributed by atoms with Crippen LogP contribution in [0.1, 0.15) is 25.3 Å². The van der Waals surface area contributed by atoms with Crippen LogP contribution in [0.25, 0.3) is 0 Å². The average molecular weight is 422 g/mol. The number of sulfonamides is 1. The van der Waals surface area contributed by atoms with Gasteiger partial charge in [0.25, 0.3) is 0 Å². The second kappa shape index (κ2) is 9.03. The highest BCUT2D eigenvalue weighted by molar-refractivity contribution is 7.89. The van der Waals surface area contributed by atoms with Crippen molar-refractivity contribution in [1.29, 1.82) is 0 Å². The van der Waals surface area contributed by atoms with Crippen LogP contribution < -0.4 is 0 Å². The lowest BCUT2D eigenvalue weighted by Gasteiger charge is -2.33. The maximum atomic E-state index is 12.9. The fraction of sp³-hybridized carbons (Fsp3) is 0.400. The first-order valence-corrected chi connectivity index (χ1v) is 11.2. The molecule has 1 aromatic heterocycles. The van der Waals surface area contributed by atoms with Gasteiger partial charge in [-0.1, -0.05) is 41.9 Å². The summed E-state index contributed by atoms with van der Waals surface area (Å²) in [7, 11) is -3.70. The third-order valence-corrected chi connectivity index (χ3v) is 7.40. The van der Waals surface area contributed by atoms with E-state index in [1.807, 2.05) is 42.2 Å². The van der Waals surface area contributed by atoms with E-state index < -0.39 is 10.0 Å². The van der Waals surface area contributed by atoms with Gasteiger partial charge < -0.3 is 4.90 Å². The molecule has 1 aliphatic heterocycles. The Bertz CT molecular complexity index is 913. The molecule has 0 radical (unpaired) electrons. The van der Waals surface area contributed by atoms with Crippen molar-refractivity contribution in [1.82, 2.24) is 14.2 Å². The quantitative estimate of drug-likeness (QED) is 0.671. The number of carbonyl (C=O) groups excluding carboxylic acids is 1. The van der Waals surface area contributed by atoms with E-state index in [2.05, 4.69) is 4.98 Å². The Morgan fingerprint density at radius 2 is 1.86 bits per heavy atom. The van der Waals surface area contributed by atoms with E-state index in [1.165, 1.54) is 16.6 Å². The maximum absolute atomic E-state index is 12.9. The zero-order chi connectivity index (χ0) is 20.1. The molecule has 0 saturated carbocycles. The van der Waals surface area contributed by atoms with Crippen LogP contribution in [0, 0.1) is 5.92 Å². The summed E-state index contributed by atoms with van der Waals surface area (Å²) < 4.78 is 27.0. The Morgan fingerprint density at radius 1 is 1.18 bits per heavy atom. The summed E-state index contributed by atoms with van der Waals surface area (Å²) in [6.07, 6.45) is 2.46. The molecular weight excluding hydrogens is 398 g/mol. The number of piperidine rings is 1. The molecule has 0 unspecified atom stereocenters. The van der Waals surface area contributed by atoms with Crippen LogP contribution in [0.2, 0.25) is 5.15 Å². The highest BCUT2D eigenvalue weighted by atomic mass is 35.5. The number of rotatable bonds is 6. The smallest absolute Gasteiger partial charge is 0.246 e. The summed E-state index contributed by atoms with van der Waals surface area (Å²) in [5, 5.41) is -0.0271. The Labute approximate surface area is 171 Å². The molecule has 2 aromatic rings. The van der Waals surface area contributed by atoms with Gasteiger partial charge >= 0.3 is 0 Å². The second-order valence-electron chi connectivity index (χ2n) is 6.81. The summed E-state index contributed by atoms with van der Waals surface area (Å²) >= 11 is 5.97. The number of halogens is 1. The Morgan fingerprint density at radius 3 is 2.46 bits per heavy atom. The van der Waals surface area contributed by atoms with E-state index in [9.17, 15) is 13.2 Å². The predicted molar refractivity (Wildman–Crippen MR) is 108 cm³/mol. The highest BCUT2D eigenvalue weighted by Gasteiger charge is 2.34. The highest BCUT2D eigenvalue weighted by Crippen LogP contribution is 2.28. The van der Waals surface area contributed by atoms with Gasteiger partial charge in [-0.25, -0.2) is 13.4 Å². The molecule has 0 aliphatic carbocycles. The number of nitrogens with zero attached hydrogens (tertiary/aromatic N) is 3. The molecule has 1 amide bonds. The van der Waals surface area contributed by atoms with Crippen LogP contribution in [0.4, 0.5) is 0 Å². The zero-order valence-corrected chi connectivity index (χ0v) is 17.4. The lowest BCUT2D eigenvalue weighted by atomic mass is 9.96. The molecule has 1 aliphatic rings. The second-order valence-corrected chi connectivity index (χ2v) is 9.07. The average Bonchev–Trinajstić information content (AvgIpc) is 2.72. The number of amides is 1. The van der Waals surface area contributed by atoms with E-state index in [4.69, 9.17) is 11.6 Å². The van der Waals surface area contributed by atoms with Crippen LogP contribution in [-0.4, -0.2) is 48.1 Å². The van der Waals surface area contributed by atoms with E-state index in [1.54, 1.807) is 6.07 Å². The van der Waals surface area contributed by atoms with Crippen molar-refractivity contribution in [2.45, 2.75) is 31.2 Å². The Kier molecular flexibility index (Phi) is 6.69. The van der Waals surface area contributed by atoms with Gasteiger partial charge in [0.2, 0.25) is 15.9 Å². The molecule has 8 heteroatoms. The van der Waals surface area contributed by atoms with Gasteiger partial charge in [-0.15, -0.1) is 0 Å². The van der Waals surface area contributed by atoms with Crippen LogP contribution in [0.3, 0.4) is 0 Å². The first kappa shape index (κ1) is 20.8. The van der Waals surface area contributed by atoms with E-state index in [0.717, 1.165) is 5.56 Å². The normalized spacial score (nSPS) is 16.1. The molecule has 0 bridgehead atoms. The maximum Gasteiger partial charge on any atom is 0.246 e. The SMILES string of the molecule is CCN(Cc1ccccc1)C(=O)C1CCN(S(=O)(=O)c2cccnc2Cl)CC1. The molecule has 1 aromatic carbocycles. The van der Waals surface area contributed by atoms with Crippen molar-refractivity contribution in [3.8, 4) is 0 Å². The van der Waals surface area contributed by atoms with Gasteiger partial charge in [0, 0.05) is 38.3 Å². The number of hydrogen-bond donors (Lipinski definition) is 0.